The van der Waals surface area contributed by atoms with Crippen molar-refractivity contribution in [1.82, 2.24) is 0 Å². The van der Waals surface area contributed by atoms with Gasteiger partial charge in [0.25, 0.3) is 0 Å². The first-order valence-electron chi connectivity index (χ1n) is 6.07. The van der Waals surface area contributed by atoms with E-state index in [1.54, 1.807) is 13.2 Å². The summed E-state index contributed by atoms with van der Waals surface area (Å²) < 4.78 is 38.3. The highest BCUT2D eigenvalue weighted by Gasteiger charge is 2.15. The van der Waals surface area contributed by atoms with Gasteiger partial charge in [-0.15, -0.1) is 0 Å². The molecule has 1 aromatic carbocycles. The first-order valence-corrected chi connectivity index (χ1v) is 7.61. The van der Waals surface area contributed by atoms with Crippen molar-refractivity contribution in [3.05, 3.63) is 18.2 Å². The molecule has 1 aromatic rings. The van der Waals surface area contributed by atoms with Crippen LogP contribution >= 0.6 is 0 Å². The lowest BCUT2D eigenvalue weighted by atomic mass is 10.3. The van der Waals surface area contributed by atoms with E-state index in [0.29, 0.717) is 38.5 Å². The van der Waals surface area contributed by atoms with E-state index in [-0.39, 0.29) is 10.6 Å². The van der Waals surface area contributed by atoms with Crippen LogP contribution in [0.3, 0.4) is 0 Å². The minimum atomic E-state index is -3.86. The van der Waals surface area contributed by atoms with Crippen molar-refractivity contribution in [3.8, 4) is 5.75 Å². The highest BCUT2D eigenvalue weighted by Crippen LogP contribution is 2.25. The molecule has 0 heterocycles. The van der Waals surface area contributed by atoms with Gasteiger partial charge in [0.15, 0.2) is 0 Å². The molecule has 8 heteroatoms. The Hall–Kier alpha value is -1.35. The van der Waals surface area contributed by atoms with Gasteiger partial charge < -0.3 is 19.9 Å². The lowest BCUT2D eigenvalue weighted by molar-refractivity contribution is 0.0643. The van der Waals surface area contributed by atoms with Gasteiger partial charge >= 0.3 is 0 Å². The zero-order chi connectivity index (χ0) is 15.0. The second kappa shape index (κ2) is 8.05. The molecule has 0 unspecified atom stereocenters. The molecular weight excluding hydrogens is 284 g/mol. The number of nitrogens with two attached hydrogens (primary N) is 2. The van der Waals surface area contributed by atoms with Crippen LogP contribution in [0, 0.1) is 0 Å². The van der Waals surface area contributed by atoms with Gasteiger partial charge in [0.1, 0.15) is 10.6 Å². The lowest BCUT2D eigenvalue weighted by Gasteiger charge is -2.11. The molecule has 0 amide bonds. The first kappa shape index (κ1) is 16.7. The van der Waals surface area contributed by atoms with Gasteiger partial charge in [0.2, 0.25) is 10.0 Å². The summed E-state index contributed by atoms with van der Waals surface area (Å²) in [4.78, 5) is -0.113. The van der Waals surface area contributed by atoms with Crippen molar-refractivity contribution in [1.29, 1.82) is 0 Å². The predicted molar refractivity (Wildman–Crippen MR) is 75.0 cm³/mol. The highest BCUT2D eigenvalue weighted by molar-refractivity contribution is 7.89. The molecule has 0 saturated heterocycles. The van der Waals surface area contributed by atoms with Crippen molar-refractivity contribution < 1.29 is 22.6 Å². The summed E-state index contributed by atoms with van der Waals surface area (Å²) in [5.41, 5.74) is 5.85. The second-order valence-corrected chi connectivity index (χ2v) is 5.59. The quantitative estimate of drug-likeness (QED) is 0.502. The zero-order valence-electron chi connectivity index (χ0n) is 11.4. The van der Waals surface area contributed by atoms with E-state index >= 15 is 0 Å². The van der Waals surface area contributed by atoms with Crippen LogP contribution in [0.5, 0.6) is 5.75 Å². The van der Waals surface area contributed by atoms with E-state index in [1.807, 2.05) is 0 Å². The van der Waals surface area contributed by atoms with Crippen LogP contribution in [0.15, 0.2) is 23.1 Å². The number of nitrogen functional groups attached to an aromatic ring is 1. The molecule has 114 valence electrons. The predicted octanol–water partition coefficient (Wildman–Crippen LogP) is 0.348. The molecule has 0 aliphatic heterocycles. The van der Waals surface area contributed by atoms with Gasteiger partial charge in [-0.2, -0.15) is 0 Å². The number of primary sulfonamides is 1. The molecule has 0 aliphatic rings. The molecular formula is C12H20N2O5S. The van der Waals surface area contributed by atoms with Crippen LogP contribution in [0.1, 0.15) is 6.42 Å². The normalized spacial score (nSPS) is 11.5. The number of hydrogen-bond acceptors (Lipinski definition) is 6. The van der Waals surface area contributed by atoms with Crippen LogP contribution in [0.4, 0.5) is 5.69 Å². The van der Waals surface area contributed by atoms with Crippen molar-refractivity contribution >= 4 is 15.7 Å². The van der Waals surface area contributed by atoms with Gasteiger partial charge in [-0.05, 0) is 18.2 Å². The maximum atomic E-state index is 11.4. The van der Waals surface area contributed by atoms with Crippen LogP contribution in [-0.2, 0) is 19.5 Å². The Morgan fingerprint density at radius 2 is 1.90 bits per heavy atom. The third kappa shape index (κ3) is 5.74. The van der Waals surface area contributed by atoms with E-state index in [0.717, 1.165) is 0 Å². The molecule has 7 nitrogen and oxygen atoms in total. The molecule has 0 fully saturated rings. The summed E-state index contributed by atoms with van der Waals surface area (Å²) in [7, 11) is -2.26. The fourth-order valence-corrected chi connectivity index (χ4v) is 2.16. The Labute approximate surface area is 118 Å². The minimum absolute atomic E-state index is 0.113. The summed E-state index contributed by atoms with van der Waals surface area (Å²) in [6.45, 7) is 1.87. The second-order valence-electron chi connectivity index (χ2n) is 4.06. The average Bonchev–Trinajstić information content (AvgIpc) is 2.38. The van der Waals surface area contributed by atoms with Gasteiger partial charge in [0, 0.05) is 25.8 Å². The molecule has 0 saturated carbocycles. The Morgan fingerprint density at radius 1 is 1.15 bits per heavy atom. The molecule has 0 radical (unpaired) electrons. The summed E-state index contributed by atoms with van der Waals surface area (Å²) >= 11 is 0. The molecule has 1 rings (SSSR count). The monoisotopic (exact) mass is 304 g/mol. The van der Waals surface area contributed by atoms with Gasteiger partial charge in [-0.25, -0.2) is 13.6 Å². The summed E-state index contributed by atoms with van der Waals surface area (Å²) in [6, 6.07) is 4.32. The fourth-order valence-electron chi connectivity index (χ4n) is 1.45. The summed E-state index contributed by atoms with van der Waals surface area (Å²) in [5, 5.41) is 5.11. The van der Waals surface area contributed by atoms with Crippen LogP contribution in [-0.4, -0.2) is 42.0 Å². The fraction of sp³-hybridized carbons (Fsp3) is 0.500. The van der Waals surface area contributed by atoms with Crippen LogP contribution < -0.4 is 15.6 Å². The third-order valence-electron chi connectivity index (χ3n) is 2.40. The number of benzene rings is 1. The Kier molecular flexibility index (Phi) is 6.73. The standard InChI is InChI=1S/C12H20N2O5S/c1-17-7-8-18-5-2-6-19-11-4-3-10(13)9-12(11)20(14,15)16/h3-4,9H,2,5-8,13H2,1H3,(H2,14,15,16). The number of hydrogen-bond donors (Lipinski definition) is 2. The maximum Gasteiger partial charge on any atom is 0.241 e. The molecule has 20 heavy (non-hydrogen) atoms. The molecule has 0 bridgehead atoms. The van der Waals surface area contributed by atoms with Crippen LogP contribution in [0.2, 0.25) is 0 Å². The first-order chi connectivity index (χ1) is 9.45. The number of anilines is 1. The van der Waals surface area contributed by atoms with Crippen molar-refractivity contribution in [3.63, 3.8) is 0 Å². The Balaban J connectivity index is 2.48. The van der Waals surface area contributed by atoms with Crippen LogP contribution in [0.25, 0.3) is 0 Å². The molecule has 0 spiro atoms. The van der Waals surface area contributed by atoms with E-state index in [1.165, 1.54) is 12.1 Å². The SMILES string of the molecule is COCCOCCCOc1ccc(N)cc1S(N)(=O)=O. The van der Waals surface area contributed by atoms with E-state index in [2.05, 4.69) is 0 Å². The average molecular weight is 304 g/mol. The minimum Gasteiger partial charge on any atom is -0.492 e. The van der Waals surface area contributed by atoms with Crippen molar-refractivity contribution in [2.75, 3.05) is 39.3 Å². The van der Waals surface area contributed by atoms with Gasteiger partial charge in [-0.3, -0.25) is 0 Å². The van der Waals surface area contributed by atoms with Crippen molar-refractivity contribution in [2.24, 2.45) is 5.14 Å². The third-order valence-corrected chi connectivity index (χ3v) is 3.33. The summed E-state index contributed by atoms with van der Waals surface area (Å²) in [5.74, 6) is 0.193. The van der Waals surface area contributed by atoms with Gasteiger partial charge in [-0.1, -0.05) is 0 Å². The van der Waals surface area contributed by atoms with E-state index < -0.39 is 10.0 Å². The lowest BCUT2D eigenvalue weighted by Crippen LogP contribution is -2.15. The Bertz CT molecular complexity index is 519. The molecule has 0 aromatic heterocycles. The number of ether oxygens (including phenoxy) is 3. The van der Waals surface area contributed by atoms with E-state index in [4.69, 9.17) is 25.1 Å². The largest absolute Gasteiger partial charge is 0.492 e. The number of sulfonamides is 1. The molecule has 4 N–H and O–H groups in total. The maximum absolute atomic E-state index is 11.4. The number of rotatable bonds is 9. The van der Waals surface area contributed by atoms with E-state index in [9.17, 15) is 8.42 Å². The zero-order valence-corrected chi connectivity index (χ0v) is 12.2. The molecule has 0 aliphatic carbocycles. The molecule has 0 atom stereocenters. The summed E-state index contributed by atoms with van der Waals surface area (Å²) in [6.07, 6.45) is 0.623. The highest BCUT2D eigenvalue weighted by atomic mass is 32.2. The smallest absolute Gasteiger partial charge is 0.241 e. The number of methoxy groups -OCH3 is 1. The van der Waals surface area contributed by atoms with Gasteiger partial charge in [0.05, 0.1) is 19.8 Å². The topological polar surface area (TPSA) is 114 Å². The van der Waals surface area contributed by atoms with Crippen molar-refractivity contribution in [2.45, 2.75) is 11.3 Å². The Morgan fingerprint density at radius 3 is 2.55 bits per heavy atom.